The second kappa shape index (κ2) is 8.05. The average molecular weight is 397 g/mol. The second-order valence-corrected chi connectivity index (χ2v) is 8.59. The molecule has 1 aromatic carbocycles. The third-order valence-electron chi connectivity index (χ3n) is 5.76. The van der Waals surface area contributed by atoms with Crippen LogP contribution in [0.3, 0.4) is 0 Å². The number of para-hydroxylation sites is 1. The third kappa shape index (κ3) is 3.59. The molecular formula is C22H28N4OS. The number of likely N-dealkylation sites (tertiary alicyclic amines) is 1. The van der Waals surface area contributed by atoms with Gasteiger partial charge in [0.1, 0.15) is 10.7 Å². The summed E-state index contributed by atoms with van der Waals surface area (Å²) >= 11 is 1.56. The van der Waals surface area contributed by atoms with E-state index in [1.807, 2.05) is 17.3 Å². The van der Waals surface area contributed by atoms with Gasteiger partial charge >= 0.3 is 0 Å². The summed E-state index contributed by atoms with van der Waals surface area (Å²) in [4.78, 5) is 22.0. The summed E-state index contributed by atoms with van der Waals surface area (Å²) in [6.07, 6.45) is 3.11. The van der Waals surface area contributed by atoms with Crippen molar-refractivity contribution >= 4 is 28.1 Å². The highest BCUT2D eigenvalue weighted by Crippen LogP contribution is 2.31. The number of hydrogen-bond donors (Lipinski definition) is 0. The van der Waals surface area contributed by atoms with Crippen molar-refractivity contribution in [1.82, 2.24) is 19.4 Å². The van der Waals surface area contributed by atoms with Crippen LogP contribution in [0.25, 0.3) is 21.6 Å². The predicted molar refractivity (Wildman–Crippen MR) is 116 cm³/mol. The number of carbonyl (C=O) groups excluding carboxylic acids is 1. The maximum absolute atomic E-state index is 13.0. The van der Waals surface area contributed by atoms with Crippen molar-refractivity contribution in [3.05, 3.63) is 41.4 Å². The highest BCUT2D eigenvalue weighted by molar-refractivity contribution is 7.13. The van der Waals surface area contributed by atoms with Crippen LogP contribution in [0.2, 0.25) is 0 Å². The normalized spacial score (nSPS) is 16.0. The molecule has 2 aromatic heterocycles. The van der Waals surface area contributed by atoms with E-state index in [-0.39, 0.29) is 5.91 Å². The first-order valence-corrected chi connectivity index (χ1v) is 11.0. The molecule has 1 amide bonds. The highest BCUT2D eigenvalue weighted by Gasteiger charge is 2.26. The van der Waals surface area contributed by atoms with Gasteiger partial charge in [-0.25, -0.2) is 4.98 Å². The van der Waals surface area contributed by atoms with Gasteiger partial charge in [0.05, 0.1) is 5.69 Å². The van der Waals surface area contributed by atoms with E-state index in [0.717, 1.165) is 49.6 Å². The lowest BCUT2D eigenvalue weighted by Gasteiger charge is -2.34. The molecule has 1 aliphatic heterocycles. The van der Waals surface area contributed by atoms with Crippen LogP contribution in [0.15, 0.2) is 35.7 Å². The molecule has 0 radical (unpaired) electrons. The van der Waals surface area contributed by atoms with Crippen LogP contribution < -0.4 is 0 Å². The number of benzene rings is 1. The Labute approximate surface area is 170 Å². The first-order chi connectivity index (χ1) is 13.6. The molecule has 3 aromatic rings. The van der Waals surface area contributed by atoms with E-state index < -0.39 is 0 Å². The van der Waals surface area contributed by atoms with E-state index in [2.05, 4.69) is 53.8 Å². The van der Waals surface area contributed by atoms with Crippen molar-refractivity contribution in [2.75, 3.05) is 27.2 Å². The predicted octanol–water partition coefficient (Wildman–Crippen LogP) is 4.34. The fraction of sp³-hybridized carbons (Fsp3) is 0.455. The Bertz CT molecular complexity index is 968. The zero-order valence-electron chi connectivity index (χ0n) is 16.9. The number of amides is 1. The van der Waals surface area contributed by atoms with E-state index in [0.29, 0.717) is 11.7 Å². The topological polar surface area (TPSA) is 41.4 Å². The third-order valence-corrected chi connectivity index (χ3v) is 6.62. The van der Waals surface area contributed by atoms with E-state index in [1.54, 1.807) is 11.3 Å². The number of aromatic nitrogens is 2. The molecule has 0 saturated carbocycles. The lowest BCUT2D eigenvalue weighted by atomic mass is 10.0. The van der Waals surface area contributed by atoms with Gasteiger partial charge in [-0.05, 0) is 51.5 Å². The summed E-state index contributed by atoms with van der Waals surface area (Å²) in [7, 11) is 4.06. The van der Waals surface area contributed by atoms with Crippen molar-refractivity contribution in [2.24, 2.45) is 0 Å². The SMILES string of the molecule is CCCn1c(-c2nc(C(=O)N(C)C3CCN(C)CC3)cs2)cc2ccccc21. The number of rotatable bonds is 5. The first-order valence-electron chi connectivity index (χ1n) is 10.1. The molecule has 1 saturated heterocycles. The summed E-state index contributed by atoms with van der Waals surface area (Å²) in [5.74, 6) is 0.0372. The van der Waals surface area contributed by atoms with Crippen LogP contribution in [0, 0.1) is 0 Å². The standard InChI is InChI=1S/C22H28N4OS/c1-4-11-26-19-8-6-5-7-16(19)14-20(26)21-23-18(15-28-21)22(27)25(3)17-9-12-24(2)13-10-17/h5-8,14-15,17H,4,9-13H2,1-3H3. The average Bonchev–Trinajstić information content (AvgIpc) is 3.33. The maximum atomic E-state index is 13.0. The molecule has 28 heavy (non-hydrogen) atoms. The molecule has 0 spiro atoms. The highest BCUT2D eigenvalue weighted by atomic mass is 32.1. The van der Waals surface area contributed by atoms with Crippen molar-refractivity contribution in [1.29, 1.82) is 0 Å². The van der Waals surface area contributed by atoms with Gasteiger partial charge in [-0.2, -0.15) is 0 Å². The minimum absolute atomic E-state index is 0.0372. The van der Waals surface area contributed by atoms with Crippen LogP contribution in [0.5, 0.6) is 0 Å². The minimum atomic E-state index is 0.0372. The number of hydrogen-bond acceptors (Lipinski definition) is 4. The van der Waals surface area contributed by atoms with Gasteiger partial charge in [-0.1, -0.05) is 25.1 Å². The van der Waals surface area contributed by atoms with E-state index in [9.17, 15) is 4.79 Å². The van der Waals surface area contributed by atoms with E-state index >= 15 is 0 Å². The van der Waals surface area contributed by atoms with Gasteiger partial charge in [-0.3, -0.25) is 4.79 Å². The molecule has 0 aliphatic carbocycles. The lowest BCUT2D eigenvalue weighted by Crippen LogP contribution is -2.44. The molecule has 148 valence electrons. The van der Waals surface area contributed by atoms with E-state index in [4.69, 9.17) is 4.98 Å². The number of aryl methyl sites for hydroxylation is 1. The molecule has 1 fully saturated rings. The van der Waals surface area contributed by atoms with Crippen LogP contribution >= 0.6 is 11.3 Å². The van der Waals surface area contributed by atoms with Gasteiger partial charge in [0.2, 0.25) is 0 Å². The van der Waals surface area contributed by atoms with E-state index in [1.165, 1.54) is 10.9 Å². The van der Waals surface area contributed by atoms with Crippen LogP contribution in [-0.2, 0) is 6.54 Å². The molecular weight excluding hydrogens is 368 g/mol. The van der Waals surface area contributed by atoms with Gasteiger partial charge in [-0.15, -0.1) is 11.3 Å². The number of piperidine rings is 1. The monoisotopic (exact) mass is 396 g/mol. The summed E-state index contributed by atoms with van der Waals surface area (Å²) in [6.45, 7) is 5.22. The van der Waals surface area contributed by atoms with Gasteiger partial charge < -0.3 is 14.4 Å². The summed E-state index contributed by atoms with van der Waals surface area (Å²) in [6, 6.07) is 10.9. The zero-order chi connectivity index (χ0) is 19.7. The van der Waals surface area contributed by atoms with Gasteiger partial charge in [0.25, 0.3) is 5.91 Å². The van der Waals surface area contributed by atoms with Crippen molar-refractivity contribution in [3.8, 4) is 10.7 Å². The van der Waals surface area contributed by atoms with Crippen LogP contribution in [0.4, 0.5) is 0 Å². The molecule has 0 unspecified atom stereocenters. The van der Waals surface area contributed by atoms with Crippen LogP contribution in [-0.4, -0.2) is 58.5 Å². The molecule has 3 heterocycles. The number of nitrogens with zero attached hydrogens (tertiary/aromatic N) is 4. The van der Waals surface area contributed by atoms with Crippen molar-refractivity contribution in [2.45, 2.75) is 38.8 Å². The summed E-state index contributed by atoms with van der Waals surface area (Å²) in [5, 5.41) is 4.05. The smallest absolute Gasteiger partial charge is 0.273 e. The summed E-state index contributed by atoms with van der Waals surface area (Å²) < 4.78 is 2.32. The van der Waals surface area contributed by atoms with Crippen molar-refractivity contribution in [3.63, 3.8) is 0 Å². The quantitative estimate of drug-likeness (QED) is 0.644. The van der Waals surface area contributed by atoms with Crippen LogP contribution in [0.1, 0.15) is 36.7 Å². The van der Waals surface area contributed by atoms with Crippen molar-refractivity contribution < 1.29 is 4.79 Å². The summed E-state index contributed by atoms with van der Waals surface area (Å²) in [5.41, 5.74) is 2.90. The largest absolute Gasteiger partial charge is 0.339 e. The number of thiazole rings is 1. The minimum Gasteiger partial charge on any atom is -0.339 e. The Morgan fingerprint density at radius 1 is 1.29 bits per heavy atom. The fourth-order valence-electron chi connectivity index (χ4n) is 4.07. The maximum Gasteiger partial charge on any atom is 0.273 e. The lowest BCUT2D eigenvalue weighted by molar-refractivity contribution is 0.0654. The number of fused-ring (bicyclic) bond motifs is 1. The molecule has 0 N–H and O–H groups in total. The molecule has 1 aliphatic rings. The van der Waals surface area contributed by atoms with Gasteiger partial charge in [0.15, 0.2) is 0 Å². The second-order valence-electron chi connectivity index (χ2n) is 7.73. The fourth-order valence-corrected chi connectivity index (χ4v) is 4.89. The Morgan fingerprint density at radius 2 is 2.04 bits per heavy atom. The zero-order valence-corrected chi connectivity index (χ0v) is 17.7. The Kier molecular flexibility index (Phi) is 5.51. The molecule has 0 bridgehead atoms. The molecule has 6 heteroatoms. The molecule has 5 nitrogen and oxygen atoms in total. The Hall–Kier alpha value is -2.18. The van der Waals surface area contributed by atoms with Gasteiger partial charge in [0, 0.05) is 35.9 Å². The number of carbonyl (C=O) groups is 1. The first kappa shape index (κ1) is 19.2. The Balaban J connectivity index is 1.60. The molecule has 0 atom stereocenters. The molecule has 4 rings (SSSR count). The Morgan fingerprint density at radius 3 is 2.79 bits per heavy atom.